The van der Waals surface area contributed by atoms with Crippen LogP contribution in [0.15, 0.2) is 5.38 Å². The highest BCUT2D eigenvalue weighted by atomic mass is 32.1. The molecular weight excluding hydrogens is 248 g/mol. The van der Waals surface area contributed by atoms with Crippen LogP contribution in [0, 0.1) is 6.92 Å². The molecule has 0 unspecified atom stereocenters. The van der Waals surface area contributed by atoms with Crippen molar-refractivity contribution >= 4 is 11.3 Å². The molecule has 2 rings (SSSR count). The fourth-order valence-electron chi connectivity index (χ4n) is 1.53. The van der Waals surface area contributed by atoms with Gasteiger partial charge in [0.1, 0.15) is 16.4 Å². The van der Waals surface area contributed by atoms with Crippen LogP contribution in [-0.4, -0.2) is 26.1 Å². The van der Waals surface area contributed by atoms with Crippen LogP contribution in [0.1, 0.15) is 31.5 Å². The summed E-state index contributed by atoms with van der Waals surface area (Å²) in [5.74, 6) is 0. The molecular formula is C12H18N4OS. The Hall–Kier alpha value is -1.27. The summed E-state index contributed by atoms with van der Waals surface area (Å²) in [5, 5.41) is 11.7. The van der Waals surface area contributed by atoms with Crippen molar-refractivity contribution in [2.75, 3.05) is 0 Å². The largest absolute Gasteiger partial charge is 0.372 e. The summed E-state index contributed by atoms with van der Waals surface area (Å²) in [6.07, 6.45) is 0.222. The summed E-state index contributed by atoms with van der Waals surface area (Å²) < 4.78 is 5.54. The van der Waals surface area contributed by atoms with Gasteiger partial charge in [-0.05, 0) is 27.7 Å². The molecule has 0 saturated carbocycles. The smallest absolute Gasteiger partial charge is 0.135 e. The Morgan fingerprint density at radius 1 is 1.39 bits per heavy atom. The molecule has 18 heavy (non-hydrogen) atoms. The van der Waals surface area contributed by atoms with E-state index in [1.165, 1.54) is 0 Å². The number of ether oxygens (including phenoxy) is 1. The first kappa shape index (κ1) is 13.2. The summed E-state index contributed by atoms with van der Waals surface area (Å²) in [7, 11) is 0. The normalized spacial score (nSPS) is 11.4. The van der Waals surface area contributed by atoms with Crippen LogP contribution in [0.2, 0.25) is 0 Å². The van der Waals surface area contributed by atoms with Gasteiger partial charge in [0.2, 0.25) is 0 Å². The first-order valence-corrected chi connectivity index (χ1v) is 6.96. The molecule has 0 aliphatic rings. The van der Waals surface area contributed by atoms with Crippen LogP contribution in [0.25, 0.3) is 11.4 Å². The third-order valence-corrected chi connectivity index (χ3v) is 3.26. The molecule has 6 heteroatoms. The zero-order valence-electron chi connectivity index (χ0n) is 11.2. The Labute approximate surface area is 111 Å². The van der Waals surface area contributed by atoms with Crippen LogP contribution in [0.5, 0.6) is 0 Å². The number of aryl methyl sites for hydroxylation is 2. The van der Waals surface area contributed by atoms with Gasteiger partial charge in [0.25, 0.3) is 0 Å². The van der Waals surface area contributed by atoms with Gasteiger partial charge in [0.05, 0.1) is 24.9 Å². The second-order valence-corrected chi connectivity index (χ2v) is 5.25. The average Bonchev–Trinajstić information content (AvgIpc) is 2.92. The highest BCUT2D eigenvalue weighted by molar-refractivity contribution is 7.09. The van der Waals surface area contributed by atoms with Gasteiger partial charge in [-0.25, -0.2) is 4.98 Å². The average molecular weight is 266 g/mol. The molecule has 0 radical (unpaired) electrons. The number of hydrogen-bond acceptors (Lipinski definition) is 5. The van der Waals surface area contributed by atoms with Crippen molar-refractivity contribution in [1.29, 1.82) is 0 Å². The molecule has 0 aliphatic heterocycles. The van der Waals surface area contributed by atoms with Crippen molar-refractivity contribution in [3.8, 4) is 11.4 Å². The van der Waals surface area contributed by atoms with Crippen molar-refractivity contribution in [2.45, 2.75) is 47.0 Å². The topological polar surface area (TPSA) is 52.8 Å². The standard InChI is InChI=1S/C12H18N4OS/c1-5-16-14-9(4)12(15-16)10-7-18-11(13-10)6-17-8(2)3/h7-8H,5-6H2,1-4H3. The van der Waals surface area contributed by atoms with E-state index in [1.54, 1.807) is 16.1 Å². The zero-order chi connectivity index (χ0) is 13.1. The van der Waals surface area contributed by atoms with Gasteiger partial charge < -0.3 is 4.74 Å². The Morgan fingerprint density at radius 2 is 2.17 bits per heavy atom. The SMILES string of the molecule is CCn1nc(C)c(-c2csc(COC(C)C)n2)n1. The van der Waals surface area contributed by atoms with Crippen molar-refractivity contribution < 1.29 is 4.74 Å². The molecule has 0 aromatic carbocycles. The third-order valence-electron chi connectivity index (χ3n) is 2.44. The van der Waals surface area contributed by atoms with Gasteiger partial charge >= 0.3 is 0 Å². The fraction of sp³-hybridized carbons (Fsp3) is 0.583. The lowest BCUT2D eigenvalue weighted by atomic mass is 10.3. The predicted molar refractivity (Wildman–Crippen MR) is 71.5 cm³/mol. The molecule has 0 saturated heterocycles. The maximum atomic E-state index is 5.54. The Bertz CT molecular complexity index is 518. The maximum absolute atomic E-state index is 5.54. The molecule has 2 heterocycles. The highest BCUT2D eigenvalue weighted by Gasteiger charge is 2.12. The van der Waals surface area contributed by atoms with E-state index in [-0.39, 0.29) is 6.10 Å². The van der Waals surface area contributed by atoms with E-state index in [0.29, 0.717) is 6.61 Å². The van der Waals surface area contributed by atoms with E-state index in [1.807, 2.05) is 33.1 Å². The maximum Gasteiger partial charge on any atom is 0.135 e. The van der Waals surface area contributed by atoms with E-state index in [4.69, 9.17) is 4.74 Å². The van der Waals surface area contributed by atoms with Crippen molar-refractivity contribution in [3.63, 3.8) is 0 Å². The summed E-state index contributed by atoms with van der Waals surface area (Å²) in [6.45, 7) is 9.35. The van der Waals surface area contributed by atoms with E-state index < -0.39 is 0 Å². The van der Waals surface area contributed by atoms with Gasteiger partial charge in [0, 0.05) is 5.38 Å². The lowest BCUT2D eigenvalue weighted by Crippen LogP contribution is -2.01. The first-order valence-electron chi connectivity index (χ1n) is 6.08. The molecule has 0 atom stereocenters. The van der Waals surface area contributed by atoms with Gasteiger partial charge in [-0.3, -0.25) is 0 Å². The van der Waals surface area contributed by atoms with Crippen molar-refractivity contribution in [1.82, 2.24) is 20.0 Å². The van der Waals surface area contributed by atoms with E-state index in [9.17, 15) is 0 Å². The summed E-state index contributed by atoms with van der Waals surface area (Å²) in [6, 6.07) is 0. The number of rotatable bonds is 5. The van der Waals surface area contributed by atoms with Gasteiger partial charge in [0.15, 0.2) is 0 Å². The van der Waals surface area contributed by atoms with Gasteiger partial charge in [-0.1, -0.05) is 0 Å². The van der Waals surface area contributed by atoms with E-state index in [0.717, 1.165) is 28.6 Å². The molecule has 0 spiro atoms. The Balaban J connectivity index is 2.15. The van der Waals surface area contributed by atoms with E-state index >= 15 is 0 Å². The van der Waals surface area contributed by atoms with Crippen LogP contribution >= 0.6 is 11.3 Å². The minimum absolute atomic E-state index is 0.222. The number of aromatic nitrogens is 4. The summed E-state index contributed by atoms with van der Waals surface area (Å²) in [4.78, 5) is 6.23. The molecule has 5 nitrogen and oxygen atoms in total. The summed E-state index contributed by atoms with van der Waals surface area (Å²) >= 11 is 1.60. The van der Waals surface area contributed by atoms with E-state index in [2.05, 4.69) is 15.2 Å². The quantitative estimate of drug-likeness (QED) is 0.835. The molecule has 0 amide bonds. The minimum atomic E-state index is 0.222. The zero-order valence-corrected chi connectivity index (χ0v) is 12.0. The second-order valence-electron chi connectivity index (χ2n) is 4.31. The summed E-state index contributed by atoms with van der Waals surface area (Å²) in [5.41, 5.74) is 2.67. The first-order chi connectivity index (χ1) is 8.60. The molecule has 0 fully saturated rings. The number of hydrogen-bond donors (Lipinski definition) is 0. The second kappa shape index (κ2) is 5.58. The van der Waals surface area contributed by atoms with Crippen molar-refractivity contribution in [2.24, 2.45) is 0 Å². The van der Waals surface area contributed by atoms with Gasteiger partial charge in [-0.15, -0.1) is 11.3 Å². The molecule has 0 bridgehead atoms. The van der Waals surface area contributed by atoms with Gasteiger partial charge in [-0.2, -0.15) is 15.0 Å². The van der Waals surface area contributed by atoms with Crippen LogP contribution in [0.4, 0.5) is 0 Å². The Kier molecular flexibility index (Phi) is 4.08. The minimum Gasteiger partial charge on any atom is -0.372 e. The molecule has 2 aromatic heterocycles. The lowest BCUT2D eigenvalue weighted by molar-refractivity contribution is 0.0656. The Morgan fingerprint density at radius 3 is 2.78 bits per heavy atom. The molecule has 98 valence electrons. The monoisotopic (exact) mass is 266 g/mol. The van der Waals surface area contributed by atoms with Crippen LogP contribution < -0.4 is 0 Å². The fourth-order valence-corrected chi connectivity index (χ4v) is 2.23. The van der Waals surface area contributed by atoms with Crippen LogP contribution in [0.3, 0.4) is 0 Å². The number of nitrogens with zero attached hydrogens (tertiary/aromatic N) is 4. The molecule has 2 aromatic rings. The highest BCUT2D eigenvalue weighted by Crippen LogP contribution is 2.22. The predicted octanol–water partition coefficient (Wildman–Crippen LogP) is 2.65. The van der Waals surface area contributed by atoms with Crippen LogP contribution in [-0.2, 0) is 17.9 Å². The van der Waals surface area contributed by atoms with Crippen molar-refractivity contribution in [3.05, 3.63) is 16.1 Å². The lowest BCUT2D eigenvalue weighted by Gasteiger charge is -2.03. The number of thiazole rings is 1. The third kappa shape index (κ3) is 2.94. The molecule has 0 aliphatic carbocycles. The molecule has 0 N–H and O–H groups in total.